The molecule has 0 spiro atoms. The van der Waals surface area contributed by atoms with Gasteiger partial charge in [0.15, 0.2) is 12.0 Å². The molecule has 0 N–H and O–H groups in total. The Morgan fingerprint density at radius 3 is 2.49 bits per heavy atom. The van der Waals surface area contributed by atoms with Crippen LogP contribution in [0.3, 0.4) is 0 Å². The van der Waals surface area contributed by atoms with E-state index in [0.717, 1.165) is 82.4 Å². The largest absolute Gasteiger partial charge is 0.456 e. The molecule has 0 aromatic heterocycles. The highest BCUT2D eigenvalue weighted by Crippen LogP contribution is 2.47. The maximum atomic E-state index is 14.2. The second-order valence-corrected chi connectivity index (χ2v) is 12.3. The van der Waals surface area contributed by atoms with E-state index in [1.807, 2.05) is 0 Å². The molecule has 1 aromatic rings. The van der Waals surface area contributed by atoms with E-state index >= 15 is 0 Å². The van der Waals surface area contributed by atoms with Gasteiger partial charge in [0.25, 0.3) is 0 Å². The number of carbonyl (C=O) groups is 1. The zero-order chi connectivity index (χ0) is 26.2. The molecular weight excluding hydrogens is 486 g/mol. The lowest BCUT2D eigenvalue weighted by atomic mass is 9.64. The third-order valence-corrected chi connectivity index (χ3v) is 10.0. The average Bonchev–Trinajstić information content (AvgIpc) is 3.02. The first-order valence-electron chi connectivity index (χ1n) is 15.2. The lowest BCUT2D eigenvalue weighted by Crippen LogP contribution is -2.56. The van der Waals surface area contributed by atoms with Crippen LogP contribution in [0.1, 0.15) is 56.9 Å². The predicted molar refractivity (Wildman–Crippen MR) is 152 cm³/mol. The molecular formula is C33H41N3O3. The number of nitrogens with zero attached hydrogens (tertiary/aromatic N) is 3. The van der Waals surface area contributed by atoms with E-state index in [2.05, 4.69) is 57.2 Å². The highest BCUT2D eigenvalue weighted by molar-refractivity contribution is 5.97. The van der Waals surface area contributed by atoms with Crippen LogP contribution in [-0.2, 0) is 20.7 Å². The van der Waals surface area contributed by atoms with Crippen LogP contribution < -0.4 is 4.90 Å². The molecule has 39 heavy (non-hydrogen) atoms. The Labute approximate surface area is 232 Å². The van der Waals surface area contributed by atoms with Crippen molar-refractivity contribution in [3.63, 3.8) is 0 Å². The number of anilines is 1. The minimum Gasteiger partial charge on any atom is -0.456 e. The van der Waals surface area contributed by atoms with Crippen LogP contribution in [0.2, 0.25) is 0 Å². The minimum absolute atomic E-state index is 0.219. The van der Waals surface area contributed by atoms with Gasteiger partial charge in [-0.3, -0.25) is 9.69 Å². The number of hydrogen-bond donors (Lipinski definition) is 0. The van der Waals surface area contributed by atoms with Crippen molar-refractivity contribution in [3.8, 4) is 0 Å². The van der Waals surface area contributed by atoms with E-state index in [4.69, 9.17) is 9.47 Å². The lowest BCUT2D eigenvalue weighted by molar-refractivity contribution is -0.128. The van der Waals surface area contributed by atoms with E-state index < -0.39 is 0 Å². The summed E-state index contributed by atoms with van der Waals surface area (Å²) in [6, 6.07) is 8.88. The molecule has 3 heterocycles. The first kappa shape index (κ1) is 25.0. The Hall–Kier alpha value is -2.99. The van der Waals surface area contributed by atoms with Crippen LogP contribution in [0.5, 0.6) is 0 Å². The van der Waals surface area contributed by atoms with Crippen molar-refractivity contribution in [2.75, 3.05) is 37.6 Å². The Bertz CT molecular complexity index is 1200. The van der Waals surface area contributed by atoms with Gasteiger partial charge in [-0.2, -0.15) is 0 Å². The second-order valence-electron chi connectivity index (χ2n) is 12.3. The van der Waals surface area contributed by atoms with Crippen LogP contribution in [-0.4, -0.2) is 54.5 Å². The molecule has 0 radical (unpaired) electrons. The minimum atomic E-state index is 0.219. The van der Waals surface area contributed by atoms with Gasteiger partial charge in [0.05, 0.1) is 0 Å². The quantitative estimate of drug-likeness (QED) is 0.489. The van der Waals surface area contributed by atoms with Crippen LogP contribution in [0.15, 0.2) is 72.2 Å². The van der Waals surface area contributed by atoms with Crippen molar-refractivity contribution in [1.82, 2.24) is 9.80 Å². The zero-order valence-electron chi connectivity index (χ0n) is 23.0. The van der Waals surface area contributed by atoms with Crippen molar-refractivity contribution in [2.45, 2.75) is 63.8 Å². The number of allylic oxidation sites excluding steroid dienone is 4. The van der Waals surface area contributed by atoms with E-state index in [-0.39, 0.29) is 12.0 Å². The van der Waals surface area contributed by atoms with Gasteiger partial charge in [0.1, 0.15) is 6.26 Å². The first-order valence-corrected chi connectivity index (χ1v) is 15.2. The summed E-state index contributed by atoms with van der Waals surface area (Å²) in [5.41, 5.74) is 3.69. The predicted octanol–water partition coefficient (Wildman–Crippen LogP) is 5.74. The van der Waals surface area contributed by atoms with Crippen LogP contribution in [0.4, 0.5) is 5.69 Å². The van der Waals surface area contributed by atoms with E-state index in [0.29, 0.717) is 11.8 Å². The van der Waals surface area contributed by atoms with E-state index in [1.54, 1.807) is 12.5 Å². The Balaban J connectivity index is 0.995. The summed E-state index contributed by atoms with van der Waals surface area (Å²) >= 11 is 0. The fourth-order valence-electron chi connectivity index (χ4n) is 7.78. The molecule has 1 amide bonds. The SMILES string of the molecule is O=C(C1CC2CCC1CC2)N1c2ccccc2CCC1CN1CCN(C2=COC(C3=CC=CCC3)=CO2)CC1. The molecule has 4 aliphatic carbocycles. The lowest BCUT2D eigenvalue weighted by Gasteiger charge is -2.47. The highest BCUT2D eigenvalue weighted by atomic mass is 16.6. The summed E-state index contributed by atoms with van der Waals surface area (Å²) in [6.45, 7) is 4.65. The van der Waals surface area contributed by atoms with Gasteiger partial charge in [-0.1, -0.05) is 49.3 Å². The van der Waals surface area contributed by atoms with Crippen molar-refractivity contribution in [3.05, 3.63) is 77.8 Å². The molecule has 2 atom stereocenters. The van der Waals surface area contributed by atoms with Gasteiger partial charge in [-0.25, -0.2) is 0 Å². The third-order valence-electron chi connectivity index (χ3n) is 10.0. The summed E-state index contributed by atoms with van der Waals surface area (Å²) in [5, 5.41) is 0. The molecule has 1 saturated heterocycles. The van der Waals surface area contributed by atoms with Crippen molar-refractivity contribution in [1.29, 1.82) is 0 Å². The molecule has 8 rings (SSSR count). The van der Waals surface area contributed by atoms with Crippen LogP contribution in [0, 0.1) is 17.8 Å². The maximum absolute atomic E-state index is 14.2. The molecule has 2 unspecified atom stereocenters. The van der Waals surface area contributed by atoms with E-state index in [1.165, 1.54) is 42.5 Å². The Morgan fingerprint density at radius 1 is 0.923 bits per heavy atom. The number of fused-ring (bicyclic) bond motifs is 4. The Kier molecular flexibility index (Phi) is 6.98. The molecule has 6 heteroatoms. The first-order chi connectivity index (χ1) is 19.2. The summed E-state index contributed by atoms with van der Waals surface area (Å²) in [6.07, 6.45) is 20.3. The number of hydrogen-bond acceptors (Lipinski definition) is 5. The van der Waals surface area contributed by atoms with Crippen molar-refractivity contribution in [2.24, 2.45) is 17.8 Å². The van der Waals surface area contributed by atoms with Gasteiger partial charge < -0.3 is 19.3 Å². The van der Waals surface area contributed by atoms with Gasteiger partial charge in [-0.15, -0.1) is 0 Å². The third kappa shape index (κ3) is 5.04. The molecule has 7 aliphatic rings. The maximum Gasteiger partial charge on any atom is 0.231 e. The molecule has 1 aromatic carbocycles. The van der Waals surface area contributed by atoms with Gasteiger partial charge in [0, 0.05) is 50.4 Å². The number of ether oxygens (including phenoxy) is 2. The summed E-state index contributed by atoms with van der Waals surface area (Å²) < 4.78 is 12.0. The topological polar surface area (TPSA) is 45.3 Å². The van der Waals surface area contributed by atoms with Crippen molar-refractivity contribution < 1.29 is 14.3 Å². The zero-order valence-corrected chi connectivity index (χ0v) is 23.0. The Morgan fingerprint density at radius 2 is 1.77 bits per heavy atom. The van der Waals surface area contributed by atoms with Crippen molar-refractivity contribution >= 4 is 11.6 Å². The van der Waals surface area contributed by atoms with Gasteiger partial charge in [0.2, 0.25) is 11.8 Å². The molecule has 3 saturated carbocycles. The van der Waals surface area contributed by atoms with Crippen LogP contribution >= 0.6 is 0 Å². The fourth-order valence-corrected chi connectivity index (χ4v) is 7.78. The number of amides is 1. The summed E-state index contributed by atoms with van der Waals surface area (Å²) in [4.78, 5) is 21.3. The average molecular weight is 528 g/mol. The molecule has 4 fully saturated rings. The molecule has 3 aliphatic heterocycles. The normalized spacial score (nSPS) is 30.5. The number of piperazine rings is 1. The highest BCUT2D eigenvalue weighted by Gasteiger charge is 2.44. The number of rotatable bonds is 5. The van der Waals surface area contributed by atoms with Gasteiger partial charge in [-0.05, 0) is 74.0 Å². The van der Waals surface area contributed by atoms with Gasteiger partial charge >= 0.3 is 0 Å². The smallest absolute Gasteiger partial charge is 0.231 e. The van der Waals surface area contributed by atoms with E-state index in [9.17, 15) is 4.79 Å². The number of benzene rings is 1. The second kappa shape index (κ2) is 10.9. The molecule has 6 nitrogen and oxygen atoms in total. The fraction of sp³-hybridized carbons (Fsp3) is 0.545. The summed E-state index contributed by atoms with van der Waals surface area (Å²) in [5.74, 6) is 3.59. The number of aryl methyl sites for hydroxylation is 1. The summed E-state index contributed by atoms with van der Waals surface area (Å²) in [7, 11) is 0. The standard InChI is InChI=1S/C33H41N3O3/c37-33(29-20-24-10-12-25(29)13-11-24)36-28(15-14-26-6-4-5-9-30(26)36)21-34-16-18-35(19-17-34)32-23-38-31(22-39-32)27-7-2-1-3-8-27/h1-2,4-7,9,22-25,28-29H,3,8,10-21H2. The number of para-hydroxylation sites is 1. The number of carbonyl (C=O) groups excluding carboxylic acids is 1. The molecule has 2 bridgehead atoms. The van der Waals surface area contributed by atoms with Crippen LogP contribution in [0.25, 0.3) is 0 Å². The molecule has 206 valence electrons. The monoisotopic (exact) mass is 527 g/mol.